The fourth-order valence-corrected chi connectivity index (χ4v) is 3.75. The van der Waals surface area contributed by atoms with E-state index in [1.54, 1.807) is 46.3 Å². The summed E-state index contributed by atoms with van der Waals surface area (Å²) in [7, 11) is 3.10. The second-order valence-electron chi connectivity index (χ2n) is 8.62. The highest BCUT2D eigenvalue weighted by molar-refractivity contribution is 6.17. The number of carbonyl (C=O) groups is 2. The molecule has 2 aromatic rings. The summed E-state index contributed by atoms with van der Waals surface area (Å²) >= 11 is 5.47. The first-order valence-electron chi connectivity index (χ1n) is 12.3. The normalized spacial score (nSPS) is 12.3. The molecule has 8 nitrogen and oxygen atoms in total. The van der Waals surface area contributed by atoms with Gasteiger partial charge in [-0.25, -0.2) is 4.84 Å². The fourth-order valence-electron chi connectivity index (χ4n) is 3.67. The summed E-state index contributed by atoms with van der Waals surface area (Å²) in [6, 6.07) is 10.9. The third-order valence-electron chi connectivity index (χ3n) is 6.31. The molecule has 0 fully saturated rings. The molecule has 0 saturated heterocycles. The van der Waals surface area contributed by atoms with Gasteiger partial charge in [-0.15, -0.1) is 0 Å². The van der Waals surface area contributed by atoms with Crippen LogP contribution in [0.4, 0.5) is 0 Å². The molecule has 0 radical (unpaired) electrons. The van der Waals surface area contributed by atoms with Crippen molar-refractivity contribution in [1.29, 1.82) is 0 Å². The number of nitrogens with one attached hydrogen (secondary N) is 1. The van der Waals surface area contributed by atoms with Gasteiger partial charge in [-0.2, -0.15) is 0 Å². The van der Waals surface area contributed by atoms with Gasteiger partial charge in [0.25, 0.3) is 0 Å². The van der Waals surface area contributed by atoms with Crippen molar-refractivity contribution in [2.75, 3.05) is 40.5 Å². The Balaban J connectivity index is 2.22. The van der Waals surface area contributed by atoms with Gasteiger partial charge in [0.1, 0.15) is 13.2 Å². The fraction of sp³-hybridized carbons (Fsp3) is 0.379. The SMILES string of the molecule is COc1cc(/C(C)=C(\C)C(=O)CC(=O)/C(C)=C(\C)c2ccc(OCCNCl)c(OC)c2)ccc1OCCN. The maximum absolute atomic E-state index is 13.0. The molecule has 0 aliphatic rings. The molecule has 9 heteroatoms. The molecule has 0 aliphatic carbocycles. The number of nitrogens with two attached hydrogens (primary N) is 1. The molecular formula is C29H37ClN2O6. The molecule has 0 saturated carbocycles. The molecule has 0 atom stereocenters. The second kappa shape index (κ2) is 15.2. The lowest BCUT2D eigenvalue weighted by molar-refractivity contribution is -0.122. The minimum absolute atomic E-state index is 0.231. The molecule has 0 heterocycles. The van der Waals surface area contributed by atoms with Crippen LogP contribution in [0.15, 0.2) is 47.5 Å². The molecule has 0 amide bonds. The van der Waals surface area contributed by atoms with Crippen molar-refractivity contribution in [1.82, 2.24) is 4.84 Å². The predicted molar refractivity (Wildman–Crippen MR) is 151 cm³/mol. The van der Waals surface area contributed by atoms with Crippen LogP contribution in [-0.2, 0) is 9.59 Å². The van der Waals surface area contributed by atoms with Gasteiger partial charge in [-0.3, -0.25) is 9.59 Å². The highest BCUT2D eigenvalue weighted by Gasteiger charge is 2.18. The smallest absolute Gasteiger partial charge is 0.166 e. The Bertz CT molecular complexity index is 1210. The van der Waals surface area contributed by atoms with Gasteiger partial charge >= 0.3 is 0 Å². The van der Waals surface area contributed by atoms with Crippen molar-refractivity contribution >= 4 is 34.5 Å². The molecule has 206 valence electrons. The highest BCUT2D eigenvalue weighted by Crippen LogP contribution is 2.33. The molecule has 0 unspecified atom stereocenters. The van der Waals surface area contributed by atoms with E-state index in [-0.39, 0.29) is 18.0 Å². The first-order valence-corrected chi connectivity index (χ1v) is 12.6. The number of benzene rings is 2. The first kappa shape index (κ1) is 30.9. The largest absolute Gasteiger partial charge is 0.493 e. The summed E-state index contributed by atoms with van der Waals surface area (Å²) in [5, 5.41) is 0. The molecule has 0 bridgehead atoms. The van der Waals surface area contributed by atoms with Gasteiger partial charge < -0.3 is 24.7 Å². The van der Waals surface area contributed by atoms with Crippen LogP contribution in [0.25, 0.3) is 11.1 Å². The first-order chi connectivity index (χ1) is 18.2. The number of allylic oxidation sites excluding steroid dienone is 4. The monoisotopic (exact) mass is 544 g/mol. The average molecular weight is 545 g/mol. The standard InChI is InChI=1S/C29H37ClN2O6/c1-18(22-7-9-26(37-13-11-31)28(15-22)35-5)20(3)24(33)17-25(34)21(4)19(2)23-8-10-27(29(16-23)36-6)38-14-12-32-30/h7-10,15-16,32H,11-14,17,31H2,1-6H3/b20-18+,21-19+. The molecule has 2 rings (SSSR count). The van der Waals surface area contributed by atoms with E-state index in [1.165, 1.54) is 0 Å². The molecule has 2 aromatic carbocycles. The van der Waals surface area contributed by atoms with Crippen LogP contribution in [0.1, 0.15) is 45.2 Å². The number of carbonyl (C=O) groups excluding carboxylic acids is 2. The van der Waals surface area contributed by atoms with Crippen LogP contribution in [-0.4, -0.2) is 52.1 Å². The van der Waals surface area contributed by atoms with Crippen molar-refractivity contribution in [3.63, 3.8) is 0 Å². The van der Waals surface area contributed by atoms with E-state index in [2.05, 4.69) is 4.84 Å². The minimum Gasteiger partial charge on any atom is -0.493 e. The van der Waals surface area contributed by atoms with Crippen molar-refractivity contribution < 1.29 is 28.5 Å². The Morgan fingerprint density at radius 1 is 0.763 bits per heavy atom. The number of ketones is 2. The van der Waals surface area contributed by atoms with Gasteiger partial charge in [0.05, 0.1) is 20.6 Å². The lowest BCUT2D eigenvalue weighted by Gasteiger charge is -2.14. The van der Waals surface area contributed by atoms with Gasteiger partial charge in [0.15, 0.2) is 34.6 Å². The zero-order valence-corrected chi connectivity index (χ0v) is 23.7. The van der Waals surface area contributed by atoms with Crippen molar-refractivity contribution in [3.8, 4) is 23.0 Å². The molecule has 0 aromatic heterocycles. The van der Waals surface area contributed by atoms with E-state index >= 15 is 0 Å². The maximum Gasteiger partial charge on any atom is 0.166 e. The Morgan fingerprint density at radius 2 is 1.21 bits per heavy atom. The van der Waals surface area contributed by atoms with Crippen molar-refractivity contribution in [3.05, 3.63) is 58.7 Å². The third-order valence-corrected chi connectivity index (χ3v) is 6.49. The summed E-state index contributed by atoms with van der Waals surface area (Å²) in [5.41, 5.74) is 9.65. The lowest BCUT2D eigenvalue weighted by atomic mass is 9.93. The lowest BCUT2D eigenvalue weighted by Crippen LogP contribution is -2.12. The second-order valence-corrected chi connectivity index (χ2v) is 8.89. The summed E-state index contributed by atoms with van der Waals surface area (Å²) in [4.78, 5) is 28.6. The number of hydrogen-bond acceptors (Lipinski definition) is 8. The van der Waals surface area contributed by atoms with Crippen LogP contribution in [0.5, 0.6) is 23.0 Å². The Labute approximate surface area is 229 Å². The van der Waals surface area contributed by atoms with Crippen LogP contribution >= 0.6 is 11.8 Å². The molecule has 3 N–H and O–H groups in total. The van der Waals surface area contributed by atoms with Gasteiger partial charge in [-0.1, -0.05) is 12.1 Å². The molecule has 0 aliphatic heterocycles. The maximum atomic E-state index is 13.0. The number of ether oxygens (including phenoxy) is 4. The minimum atomic E-state index is -0.241. The summed E-state index contributed by atoms with van der Waals surface area (Å²) in [6.07, 6.45) is -0.231. The molecule has 38 heavy (non-hydrogen) atoms. The van der Waals surface area contributed by atoms with E-state index in [0.29, 0.717) is 60.4 Å². The average Bonchev–Trinajstić information content (AvgIpc) is 2.94. The van der Waals surface area contributed by atoms with Crippen LogP contribution in [0, 0.1) is 0 Å². The third kappa shape index (κ3) is 8.08. The van der Waals surface area contributed by atoms with E-state index in [9.17, 15) is 9.59 Å². The van der Waals surface area contributed by atoms with E-state index in [4.69, 9.17) is 36.5 Å². The van der Waals surface area contributed by atoms with Crippen molar-refractivity contribution in [2.24, 2.45) is 5.73 Å². The number of methoxy groups -OCH3 is 2. The summed E-state index contributed by atoms with van der Waals surface area (Å²) in [5.74, 6) is 1.75. The Morgan fingerprint density at radius 3 is 1.61 bits per heavy atom. The zero-order valence-electron chi connectivity index (χ0n) is 22.9. The number of halogens is 1. The van der Waals surface area contributed by atoms with Crippen LogP contribution < -0.4 is 29.5 Å². The Hall–Kier alpha value is -3.33. The van der Waals surface area contributed by atoms with E-state index in [1.807, 2.05) is 32.0 Å². The van der Waals surface area contributed by atoms with Gasteiger partial charge in [0.2, 0.25) is 0 Å². The number of rotatable bonds is 15. The summed E-state index contributed by atoms with van der Waals surface area (Å²) in [6.45, 7) is 8.75. The highest BCUT2D eigenvalue weighted by atomic mass is 35.5. The quantitative estimate of drug-likeness (QED) is 0.140. The predicted octanol–water partition coefficient (Wildman–Crippen LogP) is 4.98. The van der Waals surface area contributed by atoms with Crippen LogP contribution in [0.3, 0.4) is 0 Å². The Kier molecular flexibility index (Phi) is 12.3. The topological polar surface area (TPSA) is 109 Å². The van der Waals surface area contributed by atoms with E-state index < -0.39 is 0 Å². The molecule has 0 spiro atoms. The van der Waals surface area contributed by atoms with Crippen molar-refractivity contribution in [2.45, 2.75) is 34.1 Å². The number of Topliss-reactive ketones (excluding diaryl/α,β-unsaturated/α-hetero) is 2. The van der Waals surface area contributed by atoms with Crippen LogP contribution in [0.2, 0.25) is 0 Å². The summed E-state index contributed by atoms with van der Waals surface area (Å²) < 4.78 is 22.1. The van der Waals surface area contributed by atoms with E-state index in [0.717, 1.165) is 22.3 Å². The van der Waals surface area contributed by atoms with Gasteiger partial charge in [-0.05, 0) is 97.2 Å². The zero-order chi connectivity index (χ0) is 28.2. The molecular weight excluding hydrogens is 508 g/mol. The van der Waals surface area contributed by atoms with Gasteiger partial charge in [0, 0.05) is 13.1 Å². The number of hydrogen-bond donors (Lipinski definition) is 2.